The number of hydrogen-bond acceptors (Lipinski definition) is 4. The van der Waals surface area contributed by atoms with Gasteiger partial charge in [-0.2, -0.15) is 0 Å². The van der Waals surface area contributed by atoms with E-state index < -0.39 is 0 Å². The minimum absolute atomic E-state index is 0.348. The molecule has 4 rings (SSSR count). The highest BCUT2D eigenvalue weighted by Crippen LogP contribution is 2.31. The lowest BCUT2D eigenvalue weighted by molar-refractivity contribution is 0.0559. The average Bonchev–Trinajstić information content (AvgIpc) is 2.83. The Kier molecular flexibility index (Phi) is 7.29. The summed E-state index contributed by atoms with van der Waals surface area (Å²) < 4.78 is 11.0. The van der Waals surface area contributed by atoms with Gasteiger partial charge in [0.25, 0.3) is 0 Å². The highest BCUT2D eigenvalue weighted by molar-refractivity contribution is 5.34. The van der Waals surface area contributed by atoms with Gasteiger partial charge in [-0.25, -0.2) is 0 Å². The van der Waals surface area contributed by atoms with Crippen molar-refractivity contribution >= 4 is 0 Å². The van der Waals surface area contributed by atoms with E-state index in [-0.39, 0.29) is 0 Å². The molecule has 4 heteroatoms. The second kappa shape index (κ2) is 10.3. The number of methoxy groups -OCH3 is 2. The third kappa shape index (κ3) is 5.16. The molecule has 30 heavy (non-hydrogen) atoms. The summed E-state index contributed by atoms with van der Waals surface area (Å²) in [4.78, 5) is 5.43. The van der Waals surface area contributed by atoms with Gasteiger partial charge < -0.3 is 9.47 Å². The van der Waals surface area contributed by atoms with E-state index in [1.165, 1.54) is 56.3 Å². The maximum absolute atomic E-state index is 5.53. The van der Waals surface area contributed by atoms with Gasteiger partial charge in [-0.1, -0.05) is 43.5 Å². The molecule has 2 aromatic carbocycles. The van der Waals surface area contributed by atoms with Gasteiger partial charge in [0.05, 0.1) is 14.2 Å². The lowest BCUT2D eigenvalue weighted by Crippen LogP contribution is -2.51. The molecule has 0 radical (unpaired) electrons. The average molecular weight is 409 g/mol. The van der Waals surface area contributed by atoms with E-state index in [1.807, 2.05) is 12.1 Å². The van der Waals surface area contributed by atoms with Crippen molar-refractivity contribution in [3.8, 4) is 11.5 Å². The maximum Gasteiger partial charge on any atom is 0.119 e. The van der Waals surface area contributed by atoms with Crippen LogP contribution in [0.25, 0.3) is 0 Å². The zero-order valence-electron chi connectivity index (χ0n) is 18.6. The molecule has 1 heterocycles. The first-order chi connectivity index (χ1) is 14.8. The van der Waals surface area contributed by atoms with Crippen molar-refractivity contribution in [3.05, 3.63) is 59.7 Å². The predicted octanol–water partition coefficient (Wildman–Crippen LogP) is 4.94. The van der Waals surface area contributed by atoms with Gasteiger partial charge in [-0.05, 0) is 54.7 Å². The lowest BCUT2D eigenvalue weighted by atomic mass is 9.93. The number of hydrogen-bond donors (Lipinski definition) is 0. The molecular formula is C26H36N2O2. The van der Waals surface area contributed by atoms with Crippen LogP contribution in [0.4, 0.5) is 0 Å². The van der Waals surface area contributed by atoms with Gasteiger partial charge >= 0.3 is 0 Å². The molecule has 1 atom stereocenters. The molecule has 0 N–H and O–H groups in total. The van der Waals surface area contributed by atoms with Crippen LogP contribution in [-0.2, 0) is 6.42 Å². The fraction of sp³-hybridized carbons (Fsp3) is 0.538. The standard InChI is InChI=1S/C26H36N2O2/c1-29-24-12-6-8-21(18-24)19-26(22-9-7-13-25(20-22)30-2)28-16-14-27(15-17-28)23-10-4-3-5-11-23/h6-9,12-13,18,20,23,26H,3-5,10-11,14-17,19H2,1-2H3. The first kappa shape index (κ1) is 21.2. The van der Waals surface area contributed by atoms with Crippen LogP contribution in [0.3, 0.4) is 0 Å². The fourth-order valence-corrected chi connectivity index (χ4v) is 5.19. The summed E-state index contributed by atoms with van der Waals surface area (Å²) in [7, 11) is 3.49. The summed E-state index contributed by atoms with van der Waals surface area (Å²) in [6.07, 6.45) is 8.01. The SMILES string of the molecule is COc1cccc(CC(c2cccc(OC)c2)N2CCN(C3CCCCC3)CC2)c1. The topological polar surface area (TPSA) is 24.9 Å². The Hall–Kier alpha value is -2.04. The van der Waals surface area contributed by atoms with E-state index in [4.69, 9.17) is 9.47 Å². The van der Waals surface area contributed by atoms with Crippen molar-refractivity contribution in [3.63, 3.8) is 0 Å². The minimum atomic E-state index is 0.348. The fourth-order valence-electron chi connectivity index (χ4n) is 5.19. The summed E-state index contributed by atoms with van der Waals surface area (Å²) in [5.41, 5.74) is 2.65. The van der Waals surface area contributed by atoms with Gasteiger partial charge in [0.1, 0.15) is 11.5 Å². The molecule has 2 aliphatic rings. The molecule has 0 amide bonds. The summed E-state index contributed by atoms with van der Waals surface area (Å²) >= 11 is 0. The van der Waals surface area contributed by atoms with Crippen LogP contribution in [-0.4, -0.2) is 56.2 Å². The molecular weight excluding hydrogens is 372 g/mol. The van der Waals surface area contributed by atoms with Gasteiger partial charge in [-0.3, -0.25) is 9.80 Å². The molecule has 1 aliphatic carbocycles. The molecule has 2 fully saturated rings. The van der Waals surface area contributed by atoms with Crippen molar-refractivity contribution in [2.45, 2.75) is 50.6 Å². The summed E-state index contributed by atoms with van der Waals surface area (Å²) in [5, 5.41) is 0. The number of ether oxygens (including phenoxy) is 2. The Morgan fingerprint density at radius 3 is 2.20 bits per heavy atom. The van der Waals surface area contributed by atoms with Gasteiger partial charge in [0.2, 0.25) is 0 Å². The predicted molar refractivity (Wildman–Crippen MR) is 122 cm³/mol. The highest BCUT2D eigenvalue weighted by atomic mass is 16.5. The van der Waals surface area contributed by atoms with E-state index in [2.05, 4.69) is 46.2 Å². The quantitative estimate of drug-likeness (QED) is 0.648. The van der Waals surface area contributed by atoms with Crippen molar-refractivity contribution in [2.24, 2.45) is 0 Å². The molecule has 0 aromatic heterocycles. The molecule has 4 nitrogen and oxygen atoms in total. The van der Waals surface area contributed by atoms with Crippen LogP contribution >= 0.6 is 0 Å². The largest absolute Gasteiger partial charge is 0.497 e. The van der Waals surface area contributed by atoms with Crippen LogP contribution in [0.5, 0.6) is 11.5 Å². The highest BCUT2D eigenvalue weighted by Gasteiger charge is 2.29. The van der Waals surface area contributed by atoms with Gasteiger partial charge in [0.15, 0.2) is 0 Å². The van der Waals surface area contributed by atoms with Crippen LogP contribution in [0.2, 0.25) is 0 Å². The monoisotopic (exact) mass is 408 g/mol. The molecule has 1 unspecified atom stereocenters. The Balaban J connectivity index is 1.51. The number of benzene rings is 2. The van der Waals surface area contributed by atoms with E-state index >= 15 is 0 Å². The molecule has 162 valence electrons. The zero-order valence-corrected chi connectivity index (χ0v) is 18.6. The van der Waals surface area contributed by atoms with Crippen molar-refractivity contribution in [1.82, 2.24) is 9.80 Å². The van der Waals surface area contributed by atoms with E-state index in [0.717, 1.165) is 37.1 Å². The Morgan fingerprint density at radius 1 is 0.833 bits per heavy atom. The van der Waals surface area contributed by atoms with Crippen molar-refractivity contribution in [2.75, 3.05) is 40.4 Å². The second-order valence-corrected chi connectivity index (χ2v) is 8.71. The van der Waals surface area contributed by atoms with E-state index in [1.54, 1.807) is 14.2 Å². The summed E-state index contributed by atoms with van der Waals surface area (Å²) in [5.74, 6) is 1.86. The summed E-state index contributed by atoms with van der Waals surface area (Å²) in [6, 6.07) is 18.3. The third-order valence-corrected chi connectivity index (χ3v) is 6.92. The third-order valence-electron chi connectivity index (χ3n) is 6.92. The van der Waals surface area contributed by atoms with E-state index in [0.29, 0.717) is 6.04 Å². The molecule has 1 saturated heterocycles. The number of nitrogens with zero attached hydrogens (tertiary/aromatic N) is 2. The Labute approximate surface area is 181 Å². The maximum atomic E-state index is 5.53. The second-order valence-electron chi connectivity index (χ2n) is 8.71. The van der Waals surface area contributed by atoms with Gasteiger partial charge in [-0.15, -0.1) is 0 Å². The molecule has 0 spiro atoms. The van der Waals surface area contributed by atoms with Crippen LogP contribution in [0, 0.1) is 0 Å². The first-order valence-corrected chi connectivity index (χ1v) is 11.5. The zero-order chi connectivity index (χ0) is 20.8. The van der Waals surface area contributed by atoms with Crippen LogP contribution in [0.1, 0.15) is 49.3 Å². The normalized spacial score (nSPS) is 20.1. The number of rotatable bonds is 7. The minimum Gasteiger partial charge on any atom is -0.497 e. The molecule has 1 aliphatic heterocycles. The Morgan fingerprint density at radius 2 is 1.50 bits per heavy atom. The molecule has 1 saturated carbocycles. The molecule has 2 aromatic rings. The Bertz CT molecular complexity index is 795. The van der Waals surface area contributed by atoms with E-state index in [9.17, 15) is 0 Å². The van der Waals surface area contributed by atoms with Crippen LogP contribution in [0.15, 0.2) is 48.5 Å². The lowest BCUT2D eigenvalue weighted by Gasteiger charge is -2.43. The first-order valence-electron chi connectivity index (χ1n) is 11.5. The summed E-state index contributed by atoms with van der Waals surface area (Å²) in [6.45, 7) is 4.62. The number of piperazine rings is 1. The van der Waals surface area contributed by atoms with Crippen molar-refractivity contribution in [1.29, 1.82) is 0 Å². The smallest absolute Gasteiger partial charge is 0.119 e. The van der Waals surface area contributed by atoms with Gasteiger partial charge in [0, 0.05) is 38.3 Å². The van der Waals surface area contributed by atoms with Crippen LogP contribution < -0.4 is 9.47 Å². The van der Waals surface area contributed by atoms with Crippen molar-refractivity contribution < 1.29 is 9.47 Å². The molecule has 0 bridgehead atoms.